The van der Waals surface area contributed by atoms with Gasteiger partial charge in [0, 0.05) is 5.92 Å². The summed E-state index contributed by atoms with van der Waals surface area (Å²) in [7, 11) is 2.17. The molecule has 0 bridgehead atoms. The molecule has 0 spiro atoms. The number of para-hydroxylation sites is 2. The van der Waals surface area contributed by atoms with Crippen LogP contribution in [0.25, 0.3) is 32.6 Å². The van der Waals surface area contributed by atoms with Crippen LogP contribution in [0.4, 0.5) is 0 Å². The monoisotopic (exact) mass is 378 g/mol. The van der Waals surface area contributed by atoms with Gasteiger partial charge in [-0.05, 0) is 51.5 Å². The third-order valence-corrected chi connectivity index (χ3v) is 6.51. The van der Waals surface area contributed by atoms with Crippen molar-refractivity contribution in [3.63, 3.8) is 0 Å². The highest BCUT2D eigenvalue weighted by Crippen LogP contribution is 2.38. The number of benzene rings is 2. The molecule has 0 unspecified atom stereocenters. The Balaban J connectivity index is 2.18. The lowest BCUT2D eigenvalue weighted by atomic mass is 10.0. The average Bonchev–Trinajstić information content (AvgIpc) is 3.15. The van der Waals surface area contributed by atoms with Crippen LogP contribution >= 0.6 is 11.3 Å². The van der Waals surface area contributed by atoms with Crippen molar-refractivity contribution in [3.8, 4) is 11.4 Å². The summed E-state index contributed by atoms with van der Waals surface area (Å²) in [6, 6.07) is 13.1. The van der Waals surface area contributed by atoms with E-state index >= 15 is 0 Å². The zero-order valence-electron chi connectivity index (χ0n) is 17.3. The van der Waals surface area contributed by atoms with E-state index in [1.807, 2.05) is 11.3 Å². The molecule has 2 aromatic heterocycles. The lowest BCUT2D eigenvalue weighted by molar-refractivity contribution is -0.634. The molecule has 4 aromatic rings. The van der Waals surface area contributed by atoms with Gasteiger partial charge in [0.05, 0.1) is 27.8 Å². The van der Waals surface area contributed by atoms with E-state index in [1.165, 1.54) is 37.7 Å². The van der Waals surface area contributed by atoms with E-state index in [-0.39, 0.29) is 5.54 Å². The third-order valence-electron chi connectivity index (χ3n) is 5.19. The lowest BCUT2D eigenvalue weighted by Gasteiger charge is -2.19. The van der Waals surface area contributed by atoms with Gasteiger partial charge in [-0.15, -0.1) is 11.3 Å². The van der Waals surface area contributed by atoms with Gasteiger partial charge in [0.1, 0.15) is 5.54 Å². The summed E-state index contributed by atoms with van der Waals surface area (Å²) in [5.41, 5.74) is 6.13. The molecule has 27 heavy (non-hydrogen) atoms. The van der Waals surface area contributed by atoms with E-state index in [0.29, 0.717) is 5.92 Å². The molecular weight excluding hydrogens is 350 g/mol. The second-order valence-electron chi connectivity index (χ2n) is 8.69. The molecule has 0 N–H and O–H groups in total. The van der Waals surface area contributed by atoms with Gasteiger partial charge in [-0.1, -0.05) is 32.0 Å². The molecular formula is C23H28N3S+. The Kier molecular flexibility index (Phi) is 4.15. The smallest absolute Gasteiger partial charge is 0.240 e. The maximum atomic E-state index is 5.08. The van der Waals surface area contributed by atoms with E-state index < -0.39 is 0 Å². The standard InChI is InChI=1S/C23H28N3S/c1-14(2)21-24-20-18(27-21)13-12-15(3)19(20)22-25(7)16-10-8-9-11-17(16)26(22)23(4,5)6/h8-14H,1-7H3/q+1. The summed E-state index contributed by atoms with van der Waals surface area (Å²) in [5.74, 6) is 1.67. The van der Waals surface area contributed by atoms with Crippen molar-refractivity contribution in [2.45, 2.75) is 53.0 Å². The highest BCUT2D eigenvalue weighted by atomic mass is 32.1. The highest BCUT2D eigenvalue weighted by molar-refractivity contribution is 7.18. The van der Waals surface area contributed by atoms with Gasteiger partial charge >= 0.3 is 0 Å². The van der Waals surface area contributed by atoms with E-state index in [9.17, 15) is 0 Å². The molecule has 2 heterocycles. The Bertz CT molecular complexity index is 1160. The number of rotatable bonds is 2. The van der Waals surface area contributed by atoms with Crippen LogP contribution in [0.5, 0.6) is 0 Å². The van der Waals surface area contributed by atoms with Crippen molar-refractivity contribution in [1.82, 2.24) is 9.55 Å². The Hall–Kier alpha value is -2.20. The molecule has 0 aliphatic heterocycles. The second-order valence-corrected chi connectivity index (χ2v) is 9.75. The zero-order chi connectivity index (χ0) is 19.5. The molecule has 3 nitrogen and oxygen atoms in total. The Morgan fingerprint density at radius 2 is 1.78 bits per heavy atom. The van der Waals surface area contributed by atoms with Gasteiger partial charge < -0.3 is 0 Å². The zero-order valence-corrected chi connectivity index (χ0v) is 18.1. The molecule has 0 radical (unpaired) electrons. The van der Waals surface area contributed by atoms with Crippen LogP contribution < -0.4 is 4.57 Å². The van der Waals surface area contributed by atoms with Crippen LogP contribution in [0.3, 0.4) is 0 Å². The summed E-state index contributed by atoms with van der Waals surface area (Å²) in [6.07, 6.45) is 0. The molecule has 2 aromatic carbocycles. The first kappa shape index (κ1) is 18.2. The Morgan fingerprint density at radius 1 is 1.07 bits per heavy atom. The summed E-state index contributed by atoms with van der Waals surface area (Å²) >= 11 is 1.82. The number of imidazole rings is 1. The van der Waals surface area contributed by atoms with Crippen LogP contribution in [0.2, 0.25) is 0 Å². The molecule has 4 heteroatoms. The van der Waals surface area contributed by atoms with Crippen molar-refractivity contribution in [1.29, 1.82) is 0 Å². The molecule has 0 aliphatic rings. The van der Waals surface area contributed by atoms with Crippen LogP contribution in [0.15, 0.2) is 36.4 Å². The van der Waals surface area contributed by atoms with Gasteiger partial charge in [-0.3, -0.25) is 0 Å². The fraction of sp³-hybridized carbons (Fsp3) is 0.391. The van der Waals surface area contributed by atoms with E-state index in [2.05, 4.69) is 94.1 Å². The SMILES string of the molecule is Cc1ccc2sc(C(C)C)nc2c1-c1n(C(C)(C)C)c2ccccc2[n+]1C. The van der Waals surface area contributed by atoms with E-state index in [0.717, 1.165) is 5.52 Å². The Morgan fingerprint density at radius 3 is 2.44 bits per heavy atom. The minimum Gasteiger partial charge on any atom is -0.240 e. The largest absolute Gasteiger partial charge is 0.292 e. The minimum atomic E-state index is -0.0400. The first-order valence-corrected chi connectivity index (χ1v) is 10.4. The van der Waals surface area contributed by atoms with Crippen molar-refractivity contribution in [3.05, 3.63) is 47.0 Å². The predicted molar refractivity (Wildman–Crippen MR) is 116 cm³/mol. The lowest BCUT2D eigenvalue weighted by Crippen LogP contribution is -2.33. The number of fused-ring (bicyclic) bond motifs is 2. The highest BCUT2D eigenvalue weighted by Gasteiger charge is 2.34. The minimum absolute atomic E-state index is 0.0400. The Labute approximate surface area is 165 Å². The van der Waals surface area contributed by atoms with Gasteiger partial charge in [0.2, 0.25) is 0 Å². The second kappa shape index (κ2) is 6.16. The van der Waals surface area contributed by atoms with Crippen LogP contribution in [0, 0.1) is 6.92 Å². The molecule has 4 rings (SSSR count). The van der Waals surface area contributed by atoms with Crippen LogP contribution in [0.1, 0.15) is 51.1 Å². The van der Waals surface area contributed by atoms with Gasteiger partial charge in [-0.2, -0.15) is 0 Å². The summed E-state index contributed by atoms with van der Waals surface area (Å²) in [6.45, 7) is 13.5. The molecule has 0 atom stereocenters. The van der Waals surface area contributed by atoms with E-state index in [1.54, 1.807) is 0 Å². The van der Waals surface area contributed by atoms with Crippen molar-refractivity contribution in [2.75, 3.05) is 0 Å². The first-order chi connectivity index (χ1) is 12.7. The molecule has 0 amide bonds. The summed E-state index contributed by atoms with van der Waals surface area (Å²) in [5, 5.41) is 1.21. The quantitative estimate of drug-likeness (QED) is 0.396. The normalized spacial score (nSPS) is 12.6. The maximum Gasteiger partial charge on any atom is 0.292 e. The fourth-order valence-electron chi connectivity index (χ4n) is 3.91. The number of aromatic nitrogens is 3. The average molecular weight is 379 g/mol. The number of aryl methyl sites for hydroxylation is 2. The first-order valence-electron chi connectivity index (χ1n) is 9.60. The van der Waals surface area contributed by atoms with Gasteiger partial charge in [0.25, 0.3) is 5.82 Å². The predicted octanol–water partition coefficient (Wildman–Crippen LogP) is 5.93. The number of hydrogen-bond donors (Lipinski definition) is 0. The summed E-state index contributed by atoms with van der Waals surface area (Å²) < 4.78 is 6.07. The summed E-state index contributed by atoms with van der Waals surface area (Å²) in [4.78, 5) is 5.08. The molecule has 0 saturated carbocycles. The number of hydrogen-bond acceptors (Lipinski definition) is 2. The van der Waals surface area contributed by atoms with Gasteiger partial charge in [-0.25, -0.2) is 14.1 Å². The van der Waals surface area contributed by atoms with Crippen molar-refractivity contribution in [2.24, 2.45) is 7.05 Å². The maximum absolute atomic E-state index is 5.08. The van der Waals surface area contributed by atoms with Crippen LogP contribution in [-0.4, -0.2) is 9.55 Å². The number of nitrogens with zero attached hydrogens (tertiary/aromatic N) is 3. The molecule has 0 aliphatic carbocycles. The fourth-order valence-corrected chi connectivity index (χ4v) is 4.89. The van der Waals surface area contributed by atoms with Crippen molar-refractivity contribution >= 4 is 32.6 Å². The number of thiazole rings is 1. The van der Waals surface area contributed by atoms with Gasteiger partial charge in [0.15, 0.2) is 11.0 Å². The molecule has 0 fully saturated rings. The van der Waals surface area contributed by atoms with Crippen molar-refractivity contribution < 1.29 is 4.57 Å². The van der Waals surface area contributed by atoms with E-state index in [4.69, 9.17) is 4.98 Å². The molecule has 140 valence electrons. The molecule has 0 saturated heterocycles. The van der Waals surface area contributed by atoms with Crippen LogP contribution in [-0.2, 0) is 12.6 Å². The topological polar surface area (TPSA) is 21.7 Å². The third kappa shape index (κ3) is 2.78.